The Morgan fingerprint density at radius 3 is 2.12 bits per heavy atom. The van der Waals surface area contributed by atoms with E-state index in [1.54, 1.807) is 4.68 Å². The second-order valence-corrected chi connectivity index (χ2v) is 1.40. The predicted octanol–water partition coefficient (Wildman–Crippen LogP) is 0.902. The average molecular weight is 107 g/mol. The van der Waals surface area contributed by atoms with Crippen LogP contribution in [0.4, 0.5) is 0 Å². The highest BCUT2D eigenvalue weighted by Gasteiger charge is 1.77. The SMILES string of the molecule is [CH2][N-][n+]1ccccc1. The fourth-order valence-corrected chi connectivity index (χ4v) is 0.484. The molecule has 1 radical (unpaired) electrons. The molecule has 8 heavy (non-hydrogen) atoms. The lowest BCUT2D eigenvalue weighted by Crippen LogP contribution is -2.25. The molecule has 2 heteroatoms. The van der Waals surface area contributed by atoms with E-state index in [4.69, 9.17) is 0 Å². The molecule has 1 rings (SSSR count). The fraction of sp³-hybridized carbons (Fsp3) is 0. The first kappa shape index (κ1) is 5.09. The summed E-state index contributed by atoms with van der Waals surface area (Å²) in [5, 5.41) is 0. The molecule has 0 bridgehead atoms. The largest absolute Gasteiger partial charge is 0.436 e. The maximum absolute atomic E-state index is 3.64. The minimum Gasteiger partial charge on any atom is -0.436 e. The molecule has 1 aromatic heterocycles. The smallest absolute Gasteiger partial charge is 0.164 e. The number of hydrogen-bond donors (Lipinski definition) is 0. The van der Waals surface area contributed by atoms with Crippen molar-refractivity contribution in [2.24, 2.45) is 0 Å². The lowest BCUT2D eigenvalue weighted by atomic mass is 10.5. The molecule has 2 nitrogen and oxygen atoms in total. The monoisotopic (exact) mass is 107 g/mol. The summed E-state index contributed by atoms with van der Waals surface area (Å²) in [5.41, 5.74) is 3.64. The Labute approximate surface area is 48.7 Å². The molecule has 0 aliphatic heterocycles. The van der Waals surface area contributed by atoms with Crippen LogP contribution >= 0.6 is 0 Å². The second-order valence-electron chi connectivity index (χ2n) is 1.40. The molecular formula is C6H7N2. The van der Waals surface area contributed by atoms with Gasteiger partial charge in [0.2, 0.25) is 0 Å². The van der Waals surface area contributed by atoms with Crippen LogP contribution in [0, 0.1) is 7.05 Å². The first-order valence-corrected chi connectivity index (χ1v) is 2.37. The van der Waals surface area contributed by atoms with E-state index in [2.05, 4.69) is 12.5 Å². The van der Waals surface area contributed by atoms with Gasteiger partial charge in [-0.1, -0.05) is 13.1 Å². The molecule has 0 N–H and O–H groups in total. The van der Waals surface area contributed by atoms with Crippen LogP contribution in [0.3, 0.4) is 0 Å². The van der Waals surface area contributed by atoms with Crippen LogP contribution in [-0.4, -0.2) is 0 Å². The molecule has 41 valence electrons. The van der Waals surface area contributed by atoms with Crippen LogP contribution < -0.4 is 4.68 Å². The number of nitrogens with zero attached hydrogens (tertiary/aromatic N) is 2. The zero-order chi connectivity index (χ0) is 5.82. The van der Waals surface area contributed by atoms with E-state index in [1.165, 1.54) is 0 Å². The van der Waals surface area contributed by atoms with Gasteiger partial charge in [-0.15, -0.1) is 0 Å². The Balaban J connectivity index is 2.83. The summed E-state index contributed by atoms with van der Waals surface area (Å²) in [6.07, 6.45) is 3.65. The van der Waals surface area contributed by atoms with Gasteiger partial charge in [0, 0.05) is 12.1 Å². The lowest BCUT2D eigenvalue weighted by molar-refractivity contribution is -0.620. The molecule has 0 fully saturated rings. The summed E-state index contributed by atoms with van der Waals surface area (Å²) in [6, 6.07) is 5.73. The molecule has 0 unspecified atom stereocenters. The summed E-state index contributed by atoms with van der Waals surface area (Å²) in [5.74, 6) is 0. The third kappa shape index (κ3) is 0.964. The Hall–Kier alpha value is -1.05. The number of aromatic nitrogens is 1. The van der Waals surface area contributed by atoms with Crippen molar-refractivity contribution in [2.45, 2.75) is 0 Å². The minimum atomic E-state index is 1.64. The molecular weight excluding hydrogens is 100 g/mol. The van der Waals surface area contributed by atoms with Crippen LogP contribution in [0.15, 0.2) is 30.6 Å². The van der Waals surface area contributed by atoms with Crippen molar-refractivity contribution in [3.63, 3.8) is 0 Å². The van der Waals surface area contributed by atoms with E-state index >= 15 is 0 Å². The Bertz CT molecular complexity index is 148. The van der Waals surface area contributed by atoms with Crippen molar-refractivity contribution in [3.8, 4) is 0 Å². The van der Waals surface area contributed by atoms with Crippen LogP contribution in [-0.2, 0) is 0 Å². The van der Waals surface area contributed by atoms with Crippen molar-refractivity contribution >= 4 is 0 Å². The predicted molar refractivity (Wildman–Crippen MR) is 30.8 cm³/mol. The normalized spacial score (nSPS) is 8.62. The Kier molecular flexibility index (Phi) is 1.47. The molecule has 1 aromatic rings. The van der Waals surface area contributed by atoms with Gasteiger partial charge in [-0.3, -0.25) is 0 Å². The first-order valence-electron chi connectivity index (χ1n) is 2.37. The number of pyridine rings is 1. The zero-order valence-electron chi connectivity index (χ0n) is 4.49. The highest BCUT2D eigenvalue weighted by Crippen LogP contribution is 1.77. The standard InChI is InChI=1S/C6H7N2/c1-7-8-5-3-2-4-6-8/h2-6H,1H2. The first-order chi connectivity index (χ1) is 3.93. The third-order valence-corrected chi connectivity index (χ3v) is 0.863. The quantitative estimate of drug-likeness (QED) is 0.475. The summed E-state index contributed by atoms with van der Waals surface area (Å²) in [7, 11) is 3.34. The molecule has 1 heterocycles. The van der Waals surface area contributed by atoms with Gasteiger partial charge in [0.15, 0.2) is 12.4 Å². The number of hydrogen-bond acceptors (Lipinski definition) is 0. The van der Waals surface area contributed by atoms with Gasteiger partial charge in [0.1, 0.15) is 0 Å². The van der Waals surface area contributed by atoms with Gasteiger partial charge in [-0.2, -0.15) is 0 Å². The van der Waals surface area contributed by atoms with E-state index in [0.29, 0.717) is 0 Å². The summed E-state index contributed by atoms with van der Waals surface area (Å²) < 4.78 is 1.64. The Morgan fingerprint density at radius 1 is 1.12 bits per heavy atom. The molecule has 0 amide bonds. The topological polar surface area (TPSA) is 18.0 Å². The molecule has 0 saturated heterocycles. The van der Waals surface area contributed by atoms with Crippen LogP contribution in [0.2, 0.25) is 0 Å². The van der Waals surface area contributed by atoms with Crippen molar-refractivity contribution in [1.82, 2.24) is 0 Å². The molecule has 0 aliphatic carbocycles. The van der Waals surface area contributed by atoms with Crippen molar-refractivity contribution in [3.05, 3.63) is 43.1 Å². The van der Waals surface area contributed by atoms with Crippen LogP contribution in [0.5, 0.6) is 0 Å². The molecule has 0 saturated carbocycles. The van der Waals surface area contributed by atoms with Gasteiger partial charge in [0.25, 0.3) is 0 Å². The molecule has 0 spiro atoms. The van der Waals surface area contributed by atoms with E-state index in [1.807, 2.05) is 30.6 Å². The Morgan fingerprint density at radius 2 is 1.75 bits per heavy atom. The van der Waals surface area contributed by atoms with Gasteiger partial charge in [-0.25, -0.2) is 4.68 Å². The van der Waals surface area contributed by atoms with E-state index in [9.17, 15) is 0 Å². The number of rotatable bonds is 1. The maximum Gasteiger partial charge on any atom is 0.164 e. The highest BCUT2D eigenvalue weighted by atomic mass is 15.4. The third-order valence-electron chi connectivity index (χ3n) is 0.863. The maximum atomic E-state index is 3.64. The van der Waals surface area contributed by atoms with Crippen LogP contribution in [0.25, 0.3) is 5.43 Å². The minimum absolute atomic E-state index is 1.64. The highest BCUT2D eigenvalue weighted by molar-refractivity contribution is 4.84. The van der Waals surface area contributed by atoms with Gasteiger partial charge < -0.3 is 5.43 Å². The zero-order valence-corrected chi connectivity index (χ0v) is 4.49. The van der Waals surface area contributed by atoms with Crippen molar-refractivity contribution in [2.75, 3.05) is 0 Å². The van der Waals surface area contributed by atoms with Gasteiger partial charge in [-0.05, 0) is 0 Å². The van der Waals surface area contributed by atoms with E-state index in [0.717, 1.165) is 0 Å². The summed E-state index contributed by atoms with van der Waals surface area (Å²) in [6.45, 7) is 0. The van der Waals surface area contributed by atoms with Gasteiger partial charge >= 0.3 is 0 Å². The van der Waals surface area contributed by atoms with Crippen LogP contribution in [0.1, 0.15) is 0 Å². The average Bonchev–Trinajstić information content (AvgIpc) is 1.90. The van der Waals surface area contributed by atoms with Gasteiger partial charge in [0.05, 0.1) is 0 Å². The van der Waals surface area contributed by atoms with Crippen molar-refractivity contribution in [1.29, 1.82) is 0 Å². The van der Waals surface area contributed by atoms with Crippen molar-refractivity contribution < 1.29 is 4.68 Å². The molecule has 0 atom stereocenters. The summed E-state index contributed by atoms with van der Waals surface area (Å²) >= 11 is 0. The van der Waals surface area contributed by atoms with E-state index in [-0.39, 0.29) is 0 Å². The lowest BCUT2D eigenvalue weighted by Gasteiger charge is -2.00. The summed E-state index contributed by atoms with van der Waals surface area (Å²) in [4.78, 5) is 0. The second kappa shape index (κ2) is 2.31. The van der Waals surface area contributed by atoms with E-state index < -0.39 is 0 Å². The fourth-order valence-electron chi connectivity index (χ4n) is 0.484. The molecule has 0 aromatic carbocycles. The molecule has 0 aliphatic rings.